The first kappa shape index (κ1) is 14.3. The van der Waals surface area contributed by atoms with E-state index in [1.807, 2.05) is 0 Å². The number of hydrogen-bond donors (Lipinski definition) is 0. The van der Waals surface area contributed by atoms with Crippen LogP contribution in [0, 0.1) is 17.7 Å². The van der Waals surface area contributed by atoms with Gasteiger partial charge in [0.15, 0.2) is 0 Å². The Morgan fingerprint density at radius 1 is 1.37 bits per heavy atom. The van der Waals surface area contributed by atoms with E-state index in [1.165, 1.54) is 18.2 Å². The monoisotopic (exact) mass is 283 g/mol. The van der Waals surface area contributed by atoms with Crippen molar-refractivity contribution in [3.63, 3.8) is 0 Å². The van der Waals surface area contributed by atoms with Crippen LogP contribution in [0.1, 0.15) is 37.0 Å². The van der Waals surface area contributed by atoms with E-state index in [4.69, 9.17) is 11.6 Å². The summed E-state index contributed by atoms with van der Waals surface area (Å²) in [4.78, 5) is 14.0. The molecule has 0 N–H and O–H groups in total. The first-order chi connectivity index (χ1) is 8.99. The molecule has 0 atom stereocenters. The van der Waals surface area contributed by atoms with E-state index >= 15 is 0 Å². The van der Waals surface area contributed by atoms with Gasteiger partial charge in [0.1, 0.15) is 5.82 Å². The van der Waals surface area contributed by atoms with Gasteiger partial charge in [-0.1, -0.05) is 25.4 Å². The fourth-order valence-electron chi connectivity index (χ4n) is 2.60. The van der Waals surface area contributed by atoms with E-state index < -0.39 is 5.82 Å². The predicted octanol–water partition coefficient (Wildman–Crippen LogP) is 3.99. The first-order valence-electron chi connectivity index (χ1n) is 6.73. The van der Waals surface area contributed by atoms with Crippen LogP contribution in [0.4, 0.5) is 4.39 Å². The molecule has 0 aromatic heterocycles. The molecular weight excluding hydrogens is 265 g/mol. The molecule has 0 radical (unpaired) electrons. The van der Waals surface area contributed by atoms with E-state index in [1.54, 1.807) is 4.90 Å². The third kappa shape index (κ3) is 3.27. The maximum Gasteiger partial charge on any atom is 0.256 e. The van der Waals surface area contributed by atoms with Gasteiger partial charge in [0.25, 0.3) is 5.91 Å². The number of rotatable bonds is 2. The zero-order chi connectivity index (χ0) is 14.0. The van der Waals surface area contributed by atoms with Crippen LogP contribution in [0.2, 0.25) is 5.02 Å². The Bertz CT molecular complexity index is 467. The lowest BCUT2D eigenvalue weighted by atomic mass is 9.86. The van der Waals surface area contributed by atoms with Crippen LogP contribution in [0.25, 0.3) is 0 Å². The number of carbonyl (C=O) groups excluding carboxylic acids is 1. The average Bonchev–Trinajstić information content (AvgIpc) is 2.41. The van der Waals surface area contributed by atoms with Crippen molar-refractivity contribution < 1.29 is 9.18 Å². The number of benzene rings is 1. The van der Waals surface area contributed by atoms with Crippen molar-refractivity contribution in [2.45, 2.75) is 26.7 Å². The molecule has 104 valence electrons. The van der Waals surface area contributed by atoms with Crippen molar-refractivity contribution in [1.82, 2.24) is 4.90 Å². The van der Waals surface area contributed by atoms with Crippen molar-refractivity contribution in [1.29, 1.82) is 0 Å². The molecule has 4 heteroatoms. The molecule has 2 nitrogen and oxygen atoms in total. The van der Waals surface area contributed by atoms with Crippen molar-refractivity contribution in [2.75, 3.05) is 13.1 Å². The van der Waals surface area contributed by atoms with E-state index in [9.17, 15) is 9.18 Å². The van der Waals surface area contributed by atoms with Gasteiger partial charge in [0, 0.05) is 18.1 Å². The van der Waals surface area contributed by atoms with Crippen LogP contribution in [-0.4, -0.2) is 23.9 Å². The lowest BCUT2D eigenvalue weighted by Crippen LogP contribution is -2.39. The maximum absolute atomic E-state index is 13.7. The summed E-state index contributed by atoms with van der Waals surface area (Å²) in [5, 5.41) is 0.391. The standard InChI is InChI=1S/C15H19ClFNO/c1-10(2)11-5-7-18(8-6-11)15(19)13-9-12(16)3-4-14(13)17/h3-4,9-11H,5-8H2,1-2H3. The highest BCUT2D eigenvalue weighted by Crippen LogP contribution is 2.26. The summed E-state index contributed by atoms with van der Waals surface area (Å²) in [6.45, 7) is 5.82. The first-order valence-corrected chi connectivity index (χ1v) is 7.11. The summed E-state index contributed by atoms with van der Waals surface area (Å²) in [5.41, 5.74) is 0.0792. The molecule has 0 bridgehead atoms. The molecule has 1 saturated heterocycles. The van der Waals surface area contributed by atoms with Crippen molar-refractivity contribution in [2.24, 2.45) is 11.8 Å². The topological polar surface area (TPSA) is 20.3 Å². The second-order valence-electron chi connectivity index (χ2n) is 5.50. The number of halogens is 2. The van der Waals surface area contributed by atoms with Gasteiger partial charge >= 0.3 is 0 Å². The number of hydrogen-bond acceptors (Lipinski definition) is 1. The van der Waals surface area contributed by atoms with Gasteiger partial charge in [-0.15, -0.1) is 0 Å². The van der Waals surface area contributed by atoms with Crippen LogP contribution in [0.15, 0.2) is 18.2 Å². The fourth-order valence-corrected chi connectivity index (χ4v) is 2.77. The molecule has 1 aromatic rings. The Morgan fingerprint density at radius 2 is 2.00 bits per heavy atom. The molecule has 2 rings (SSSR count). The molecule has 1 aliphatic rings. The Hall–Kier alpha value is -1.09. The van der Waals surface area contributed by atoms with Gasteiger partial charge in [-0.05, 0) is 42.9 Å². The SMILES string of the molecule is CC(C)C1CCN(C(=O)c2cc(Cl)ccc2F)CC1. The van der Waals surface area contributed by atoms with Crippen LogP contribution < -0.4 is 0 Å². The maximum atomic E-state index is 13.7. The van der Waals surface area contributed by atoms with E-state index in [-0.39, 0.29) is 11.5 Å². The molecule has 1 heterocycles. The lowest BCUT2D eigenvalue weighted by Gasteiger charge is -2.34. The summed E-state index contributed by atoms with van der Waals surface area (Å²) in [6.07, 6.45) is 1.98. The Morgan fingerprint density at radius 3 is 2.58 bits per heavy atom. The molecule has 0 saturated carbocycles. The minimum Gasteiger partial charge on any atom is -0.339 e. The molecular formula is C15H19ClFNO. The summed E-state index contributed by atoms with van der Waals surface area (Å²) >= 11 is 5.83. The van der Waals surface area contributed by atoms with Gasteiger partial charge in [0.05, 0.1) is 5.56 Å². The number of carbonyl (C=O) groups is 1. The highest BCUT2D eigenvalue weighted by Gasteiger charge is 2.26. The normalized spacial score (nSPS) is 17.0. The highest BCUT2D eigenvalue weighted by molar-refractivity contribution is 6.31. The van der Waals surface area contributed by atoms with Crippen LogP contribution in [0.3, 0.4) is 0 Å². The van der Waals surface area contributed by atoms with Gasteiger partial charge < -0.3 is 4.90 Å². The largest absolute Gasteiger partial charge is 0.339 e. The zero-order valence-corrected chi connectivity index (χ0v) is 12.1. The van der Waals surface area contributed by atoms with Crippen molar-refractivity contribution >= 4 is 17.5 Å². The van der Waals surface area contributed by atoms with Gasteiger partial charge in [-0.3, -0.25) is 4.79 Å². The Balaban J connectivity index is 2.07. The third-order valence-corrected chi connectivity index (χ3v) is 4.16. The summed E-state index contributed by atoms with van der Waals surface area (Å²) in [6, 6.07) is 4.11. The Labute approximate surface area is 118 Å². The lowest BCUT2D eigenvalue weighted by molar-refractivity contribution is 0.0663. The average molecular weight is 284 g/mol. The van der Waals surface area contributed by atoms with Gasteiger partial charge in [-0.2, -0.15) is 0 Å². The molecule has 1 fully saturated rings. The van der Waals surface area contributed by atoms with Crippen LogP contribution in [0.5, 0.6) is 0 Å². The third-order valence-electron chi connectivity index (χ3n) is 3.93. The smallest absolute Gasteiger partial charge is 0.256 e. The molecule has 1 amide bonds. The molecule has 1 aromatic carbocycles. The quantitative estimate of drug-likeness (QED) is 0.804. The number of piperidine rings is 1. The second-order valence-corrected chi connectivity index (χ2v) is 5.93. The van der Waals surface area contributed by atoms with E-state index in [2.05, 4.69) is 13.8 Å². The van der Waals surface area contributed by atoms with E-state index in [0.29, 0.717) is 29.9 Å². The molecule has 0 aliphatic carbocycles. The molecule has 0 unspecified atom stereocenters. The minimum absolute atomic E-state index is 0.0792. The van der Waals surface area contributed by atoms with Crippen molar-refractivity contribution in [3.8, 4) is 0 Å². The summed E-state index contributed by atoms with van der Waals surface area (Å²) in [7, 11) is 0. The molecule has 1 aliphatic heterocycles. The van der Waals surface area contributed by atoms with Gasteiger partial charge in [0.2, 0.25) is 0 Å². The predicted molar refractivity (Wildman–Crippen MR) is 74.9 cm³/mol. The highest BCUT2D eigenvalue weighted by atomic mass is 35.5. The molecule has 0 spiro atoms. The number of likely N-dealkylation sites (tertiary alicyclic amines) is 1. The summed E-state index contributed by atoms with van der Waals surface area (Å²) in [5.74, 6) is 0.552. The number of amides is 1. The zero-order valence-electron chi connectivity index (χ0n) is 11.3. The van der Waals surface area contributed by atoms with Gasteiger partial charge in [-0.25, -0.2) is 4.39 Å². The minimum atomic E-state index is -0.500. The van der Waals surface area contributed by atoms with Crippen LogP contribution in [-0.2, 0) is 0 Å². The van der Waals surface area contributed by atoms with E-state index in [0.717, 1.165) is 12.8 Å². The van der Waals surface area contributed by atoms with Crippen molar-refractivity contribution in [3.05, 3.63) is 34.6 Å². The number of nitrogens with zero attached hydrogens (tertiary/aromatic N) is 1. The Kier molecular flexibility index (Phi) is 4.46. The molecule has 19 heavy (non-hydrogen) atoms. The second kappa shape index (κ2) is 5.91. The summed E-state index contributed by atoms with van der Waals surface area (Å²) < 4.78 is 13.7. The fraction of sp³-hybridized carbons (Fsp3) is 0.533. The van der Waals surface area contributed by atoms with Crippen LogP contribution >= 0.6 is 11.6 Å².